The number of benzene rings is 1. The number of piperidine rings is 1. The summed E-state index contributed by atoms with van der Waals surface area (Å²) in [6.07, 6.45) is 1.35. The Balaban J connectivity index is 2.10. The number of aryl methyl sites for hydroxylation is 1. The molecule has 21 heavy (non-hydrogen) atoms. The Kier molecular flexibility index (Phi) is 4.42. The summed E-state index contributed by atoms with van der Waals surface area (Å²) in [5.41, 5.74) is 6.95. The maximum Gasteiger partial charge on any atom is 0.253 e. The van der Waals surface area contributed by atoms with Crippen LogP contribution >= 0.6 is 11.6 Å². The zero-order valence-electron chi connectivity index (χ0n) is 12.3. The Labute approximate surface area is 129 Å². The highest BCUT2D eigenvalue weighted by Crippen LogP contribution is 2.31. The van der Waals surface area contributed by atoms with Crippen LogP contribution in [-0.4, -0.2) is 34.9 Å². The largest absolute Gasteiger partial charge is 0.409 e. The fourth-order valence-corrected chi connectivity index (χ4v) is 2.91. The first-order valence-corrected chi connectivity index (χ1v) is 7.28. The van der Waals surface area contributed by atoms with Crippen molar-refractivity contribution in [2.75, 3.05) is 13.1 Å². The van der Waals surface area contributed by atoms with E-state index in [1.807, 2.05) is 26.0 Å². The number of carbonyl (C=O) groups excluding carboxylic acids is 1. The van der Waals surface area contributed by atoms with Gasteiger partial charge in [0.1, 0.15) is 5.84 Å². The molecule has 0 atom stereocenters. The van der Waals surface area contributed by atoms with Crippen LogP contribution in [0.2, 0.25) is 5.02 Å². The summed E-state index contributed by atoms with van der Waals surface area (Å²) >= 11 is 6.01. The molecule has 114 valence electrons. The van der Waals surface area contributed by atoms with Gasteiger partial charge in [-0.25, -0.2) is 0 Å². The number of amides is 1. The molecule has 1 saturated heterocycles. The number of hydrogen-bond acceptors (Lipinski definition) is 3. The van der Waals surface area contributed by atoms with Gasteiger partial charge in [-0.2, -0.15) is 0 Å². The molecule has 0 aliphatic carbocycles. The molecule has 1 heterocycles. The summed E-state index contributed by atoms with van der Waals surface area (Å²) in [7, 11) is 0. The lowest BCUT2D eigenvalue weighted by atomic mass is 9.79. The first-order valence-electron chi connectivity index (χ1n) is 6.90. The Hall–Kier alpha value is -1.75. The monoisotopic (exact) mass is 309 g/mol. The van der Waals surface area contributed by atoms with E-state index < -0.39 is 0 Å². The van der Waals surface area contributed by atoms with Gasteiger partial charge in [0.25, 0.3) is 5.91 Å². The zero-order chi connectivity index (χ0) is 15.6. The Morgan fingerprint density at radius 2 is 2.00 bits per heavy atom. The fraction of sp³-hybridized carbons (Fsp3) is 0.467. The Morgan fingerprint density at radius 1 is 1.38 bits per heavy atom. The van der Waals surface area contributed by atoms with E-state index in [1.54, 1.807) is 11.0 Å². The molecule has 1 aliphatic heterocycles. The first-order chi connectivity index (χ1) is 9.85. The van der Waals surface area contributed by atoms with Gasteiger partial charge in [-0.3, -0.25) is 4.79 Å². The highest BCUT2D eigenvalue weighted by molar-refractivity contribution is 6.31. The molecule has 6 heteroatoms. The third-order valence-electron chi connectivity index (χ3n) is 4.17. The number of amidine groups is 1. The summed E-state index contributed by atoms with van der Waals surface area (Å²) in [6, 6.07) is 5.35. The molecule has 0 radical (unpaired) electrons. The number of oxime groups is 1. The predicted octanol–water partition coefficient (Wildman–Crippen LogP) is 2.64. The second-order valence-electron chi connectivity index (χ2n) is 5.86. The highest BCUT2D eigenvalue weighted by Gasteiger charge is 2.35. The van der Waals surface area contributed by atoms with Crippen molar-refractivity contribution >= 4 is 23.3 Å². The number of halogens is 1. The van der Waals surface area contributed by atoms with Crippen molar-refractivity contribution in [2.45, 2.75) is 26.7 Å². The second-order valence-corrected chi connectivity index (χ2v) is 6.29. The molecule has 5 nitrogen and oxygen atoms in total. The van der Waals surface area contributed by atoms with Crippen molar-refractivity contribution in [3.05, 3.63) is 34.3 Å². The van der Waals surface area contributed by atoms with Gasteiger partial charge in [-0.15, -0.1) is 0 Å². The van der Waals surface area contributed by atoms with Crippen molar-refractivity contribution in [1.29, 1.82) is 0 Å². The minimum atomic E-state index is -0.351. The topological polar surface area (TPSA) is 78.9 Å². The number of likely N-dealkylation sites (tertiary alicyclic amines) is 1. The van der Waals surface area contributed by atoms with Crippen molar-refractivity contribution in [3.8, 4) is 0 Å². The van der Waals surface area contributed by atoms with Gasteiger partial charge in [-0.05, 0) is 43.5 Å². The van der Waals surface area contributed by atoms with E-state index >= 15 is 0 Å². The van der Waals surface area contributed by atoms with Crippen LogP contribution in [0.4, 0.5) is 0 Å². The van der Waals surface area contributed by atoms with E-state index in [4.69, 9.17) is 22.5 Å². The summed E-state index contributed by atoms with van der Waals surface area (Å²) in [4.78, 5) is 14.3. The fourth-order valence-electron chi connectivity index (χ4n) is 2.62. The van der Waals surface area contributed by atoms with Crippen molar-refractivity contribution in [3.63, 3.8) is 0 Å². The molecule has 0 bridgehead atoms. The van der Waals surface area contributed by atoms with Crippen LogP contribution in [0.1, 0.15) is 35.7 Å². The number of rotatable bonds is 2. The van der Waals surface area contributed by atoms with Gasteiger partial charge in [0.05, 0.1) is 0 Å². The van der Waals surface area contributed by atoms with E-state index in [0.717, 1.165) is 5.56 Å². The first kappa shape index (κ1) is 15.6. The predicted molar refractivity (Wildman–Crippen MR) is 82.8 cm³/mol. The molecule has 0 aromatic heterocycles. The van der Waals surface area contributed by atoms with E-state index in [1.165, 1.54) is 0 Å². The van der Waals surface area contributed by atoms with E-state index in [9.17, 15) is 4.79 Å². The minimum Gasteiger partial charge on any atom is -0.409 e. The van der Waals surface area contributed by atoms with Gasteiger partial charge in [0.15, 0.2) is 0 Å². The van der Waals surface area contributed by atoms with Gasteiger partial charge < -0.3 is 15.8 Å². The van der Waals surface area contributed by atoms with Crippen LogP contribution in [0.15, 0.2) is 23.4 Å². The molecule has 2 rings (SSSR count). The molecular formula is C15H20ClN3O2. The van der Waals surface area contributed by atoms with Crippen molar-refractivity contribution in [2.24, 2.45) is 16.3 Å². The van der Waals surface area contributed by atoms with Gasteiger partial charge in [0, 0.05) is 29.1 Å². The van der Waals surface area contributed by atoms with Crippen LogP contribution in [0.25, 0.3) is 0 Å². The maximum absolute atomic E-state index is 12.5. The lowest BCUT2D eigenvalue weighted by molar-refractivity contribution is 0.0666. The van der Waals surface area contributed by atoms with Crippen LogP contribution in [0, 0.1) is 12.3 Å². The van der Waals surface area contributed by atoms with E-state index in [2.05, 4.69) is 5.16 Å². The van der Waals surface area contributed by atoms with Crippen LogP contribution < -0.4 is 5.73 Å². The number of carbonyl (C=O) groups is 1. The lowest BCUT2D eigenvalue weighted by Crippen LogP contribution is -2.47. The van der Waals surface area contributed by atoms with Crippen molar-refractivity contribution in [1.82, 2.24) is 4.90 Å². The van der Waals surface area contributed by atoms with Gasteiger partial charge in [-0.1, -0.05) is 23.7 Å². The number of hydrogen-bond donors (Lipinski definition) is 2. The summed E-state index contributed by atoms with van der Waals surface area (Å²) in [5, 5.41) is 12.5. The quantitative estimate of drug-likeness (QED) is 0.381. The second kappa shape index (κ2) is 5.93. The summed E-state index contributed by atoms with van der Waals surface area (Å²) in [5.74, 6) is 0.204. The third-order valence-corrected chi connectivity index (χ3v) is 4.39. The SMILES string of the molecule is Cc1cc(Cl)cc(C(=O)N2CCC(C)(/C(N)=N/O)CC2)c1. The smallest absolute Gasteiger partial charge is 0.253 e. The molecule has 3 N–H and O–H groups in total. The minimum absolute atomic E-state index is 0.0258. The molecule has 0 unspecified atom stereocenters. The summed E-state index contributed by atoms with van der Waals surface area (Å²) in [6.45, 7) is 5.02. The van der Waals surface area contributed by atoms with Crippen LogP contribution in [0.3, 0.4) is 0 Å². The molecule has 1 aromatic carbocycles. The van der Waals surface area contributed by atoms with Gasteiger partial charge in [0.2, 0.25) is 0 Å². The summed E-state index contributed by atoms with van der Waals surface area (Å²) < 4.78 is 0. The Morgan fingerprint density at radius 3 is 2.52 bits per heavy atom. The molecular weight excluding hydrogens is 290 g/mol. The molecule has 0 spiro atoms. The number of nitrogens with two attached hydrogens (primary N) is 1. The normalized spacial score (nSPS) is 18.6. The highest BCUT2D eigenvalue weighted by atomic mass is 35.5. The zero-order valence-corrected chi connectivity index (χ0v) is 13.0. The van der Waals surface area contributed by atoms with E-state index in [-0.39, 0.29) is 17.2 Å². The maximum atomic E-state index is 12.5. The third kappa shape index (κ3) is 3.29. The molecule has 1 amide bonds. The lowest BCUT2D eigenvalue weighted by Gasteiger charge is -2.38. The molecule has 1 aliphatic rings. The Bertz CT molecular complexity index is 558. The number of nitrogens with zero attached hydrogens (tertiary/aromatic N) is 2. The molecule has 1 fully saturated rings. The van der Waals surface area contributed by atoms with Crippen LogP contribution in [0.5, 0.6) is 0 Å². The van der Waals surface area contributed by atoms with Crippen LogP contribution in [-0.2, 0) is 0 Å². The average molecular weight is 310 g/mol. The van der Waals surface area contributed by atoms with Crippen molar-refractivity contribution < 1.29 is 10.0 Å². The average Bonchev–Trinajstić information content (AvgIpc) is 2.45. The van der Waals surface area contributed by atoms with Gasteiger partial charge >= 0.3 is 0 Å². The molecule has 1 aromatic rings. The standard InChI is InChI=1S/C15H20ClN3O2/c1-10-7-11(9-12(16)8-10)13(20)19-5-3-15(2,4-6-19)14(17)18-21/h7-9,21H,3-6H2,1-2H3,(H2,17,18). The molecule has 0 saturated carbocycles. The van der Waals surface area contributed by atoms with E-state index in [0.29, 0.717) is 36.5 Å².